The molecule has 0 saturated carbocycles. The molecular weight excluding hydrogens is 575 g/mol. The Morgan fingerprint density at radius 3 is 2.35 bits per heavy atom. The van der Waals surface area contributed by atoms with Crippen LogP contribution < -0.4 is 10.6 Å². The summed E-state index contributed by atoms with van der Waals surface area (Å²) in [6.45, 7) is 7.22. The van der Waals surface area contributed by atoms with Gasteiger partial charge in [0.15, 0.2) is 11.9 Å². The van der Waals surface area contributed by atoms with Gasteiger partial charge in [-0.3, -0.25) is 14.4 Å². The molecule has 2 aromatic rings. The maximum Gasteiger partial charge on any atom is 0.347 e. The molecule has 1 aromatic carbocycles. The molecule has 11 nitrogen and oxygen atoms in total. The van der Waals surface area contributed by atoms with Crippen LogP contribution in [0.5, 0.6) is 5.75 Å². The molecule has 6 unspecified atom stereocenters. The van der Waals surface area contributed by atoms with Crippen LogP contribution in [0.3, 0.4) is 0 Å². The molecule has 0 radical (unpaired) electrons. The molecule has 4 N–H and O–H groups in total. The highest BCUT2D eigenvalue weighted by atomic mass is 19.2. The lowest BCUT2D eigenvalue weighted by Crippen LogP contribution is -2.59. The van der Waals surface area contributed by atoms with Crippen molar-refractivity contribution < 1.29 is 52.0 Å². The molecule has 1 saturated heterocycles. The van der Waals surface area contributed by atoms with Crippen LogP contribution >= 0.6 is 0 Å². The summed E-state index contributed by atoms with van der Waals surface area (Å²) in [5.41, 5.74) is -0.965. The first-order valence-electron chi connectivity index (χ1n) is 13.6. The number of carbonyl (C=O) groups is 4. The number of benzene rings is 1. The molecule has 1 aromatic heterocycles. The molecule has 1 aliphatic rings. The topological polar surface area (TPSA) is 164 Å². The number of aromatic nitrogens is 1. The summed E-state index contributed by atoms with van der Waals surface area (Å²) in [5.74, 6) is -11.1. The van der Waals surface area contributed by atoms with Crippen molar-refractivity contribution in [2.45, 2.75) is 77.9 Å². The van der Waals surface area contributed by atoms with E-state index in [0.29, 0.717) is 0 Å². The van der Waals surface area contributed by atoms with Gasteiger partial charge in [0.2, 0.25) is 11.7 Å². The lowest BCUT2D eigenvalue weighted by atomic mass is 9.91. The number of pyridine rings is 1. The van der Waals surface area contributed by atoms with E-state index in [-0.39, 0.29) is 23.6 Å². The van der Waals surface area contributed by atoms with Crippen LogP contribution in [0.1, 0.15) is 55.7 Å². The lowest BCUT2D eigenvalue weighted by Gasteiger charge is -2.33. The third-order valence-corrected chi connectivity index (χ3v) is 7.09. The number of aromatic hydroxyl groups is 1. The van der Waals surface area contributed by atoms with Crippen LogP contribution in [0.2, 0.25) is 0 Å². The van der Waals surface area contributed by atoms with Gasteiger partial charge < -0.3 is 30.3 Å². The van der Waals surface area contributed by atoms with Crippen LogP contribution in [0.4, 0.5) is 13.2 Å². The Kier molecular flexibility index (Phi) is 10.7. The molecule has 2 heterocycles. The van der Waals surface area contributed by atoms with Gasteiger partial charge in [-0.1, -0.05) is 26.0 Å². The predicted octanol–water partition coefficient (Wildman–Crippen LogP) is 2.24. The first-order chi connectivity index (χ1) is 20.1. The smallest absolute Gasteiger partial charge is 0.347 e. The van der Waals surface area contributed by atoms with Crippen molar-refractivity contribution in [3.63, 3.8) is 0 Å². The largest absolute Gasteiger partial charge is 0.507 e. The Labute approximate surface area is 245 Å². The number of halogens is 3. The number of phenolic OH excluding ortho intramolecular Hbond substituents is 1. The first kappa shape index (κ1) is 33.3. The van der Waals surface area contributed by atoms with Gasteiger partial charge in [-0.25, -0.2) is 14.2 Å². The van der Waals surface area contributed by atoms with Crippen molar-refractivity contribution in [1.82, 2.24) is 15.6 Å². The van der Waals surface area contributed by atoms with E-state index in [2.05, 4.69) is 15.6 Å². The number of carbonyl (C=O) groups excluding carboxylic acids is 4. The average Bonchev–Trinajstić information content (AvgIpc) is 2.94. The van der Waals surface area contributed by atoms with Gasteiger partial charge in [0.1, 0.15) is 17.9 Å². The average molecular weight is 610 g/mol. The summed E-state index contributed by atoms with van der Waals surface area (Å²) in [6.07, 6.45) is -5.27. The molecule has 6 atom stereocenters. The number of aliphatic hydroxyl groups is 1. The second-order valence-corrected chi connectivity index (χ2v) is 10.9. The number of rotatable bonds is 6. The predicted molar refractivity (Wildman–Crippen MR) is 144 cm³/mol. The molecule has 0 spiro atoms. The number of phenols is 1. The van der Waals surface area contributed by atoms with Crippen LogP contribution in [0.15, 0.2) is 24.3 Å². The van der Waals surface area contributed by atoms with Crippen LogP contribution in [-0.2, 0) is 30.3 Å². The fraction of sp³-hybridized carbons (Fsp3) is 0.483. The van der Waals surface area contributed by atoms with Crippen LogP contribution in [0, 0.1) is 36.3 Å². The quantitative estimate of drug-likeness (QED) is 0.284. The second kappa shape index (κ2) is 13.8. The van der Waals surface area contributed by atoms with Crippen molar-refractivity contribution in [2.24, 2.45) is 11.8 Å². The van der Waals surface area contributed by atoms with Gasteiger partial charge in [-0.05, 0) is 51.7 Å². The van der Waals surface area contributed by atoms with Crippen molar-refractivity contribution in [1.29, 1.82) is 0 Å². The number of nitrogens with one attached hydrogen (secondary N) is 2. The van der Waals surface area contributed by atoms with Crippen LogP contribution in [-0.4, -0.2) is 69.3 Å². The number of aryl methyl sites for hydroxylation is 1. The summed E-state index contributed by atoms with van der Waals surface area (Å²) >= 11 is 0. The third-order valence-electron chi connectivity index (χ3n) is 7.09. The van der Waals surface area contributed by atoms with Gasteiger partial charge in [0.05, 0.1) is 23.6 Å². The van der Waals surface area contributed by atoms with Crippen LogP contribution in [0.25, 0.3) is 0 Å². The number of ether oxygens (including phenoxy) is 2. The molecule has 1 fully saturated rings. The Hall–Kier alpha value is -4.20. The van der Waals surface area contributed by atoms with E-state index in [1.165, 1.54) is 45.0 Å². The Bertz CT molecular complexity index is 1390. The van der Waals surface area contributed by atoms with E-state index >= 15 is 0 Å². The second-order valence-electron chi connectivity index (χ2n) is 10.9. The number of amides is 2. The van der Waals surface area contributed by atoms with E-state index < -0.39 is 95.4 Å². The summed E-state index contributed by atoms with van der Waals surface area (Å²) in [7, 11) is 0. The van der Waals surface area contributed by atoms with Gasteiger partial charge in [0.25, 0.3) is 11.9 Å². The minimum absolute atomic E-state index is 0.0234. The maximum absolute atomic E-state index is 14.8. The number of aliphatic hydroxyl groups excluding tert-OH is 1. The number of hydrogen-bond donors (Lipinski definition) is 4. The van der Waals surface area contributed by atoms with Gasteiger partial charge >= 0.3 is 11.9 Å². The highest BCUT2D eigenvalue weighted by Gasteiger charge is 2.40. The molecule has 1 aliphatic heterocycles. The lowest BCUT2D eigenvalue weighted by molar-refractivity contribution is -0.178. The minimum Gasteiger partial charge on any atom is -0.507 e. The highest BCUT2D eigenvalue weighted by molar-refractivity contribution is 6.00. The molecule has 0 bridgehead atoms. The fourth-order valence-electron chi connectivity index (χ4n) is 4.60. The zero-order chi connectivity index (χ0) is 32.2. The summed E-state index contributed by atoms with van der Waals surface area (Å²) in [5, 5.41) is 26.1. The standard InChI is InChI=1S/C29H34F3N3O8/c1-12(2)10-20-29(41)42-15(5)23(35-26(38)16-8-6-7-9-19(16)36)27(39)34-18(24(37)13(3)28(40)43-20)11-17-14(4)33-25(32)22(31)21(17)30/h6-9,12-13,15,18,20,23-24,36-37H,10-11H2,1-5H3,(H,34,39)(H,35,38). The Morgan fingerprint density at radius 2 is 1.72 bits per heavy atom. The van der Waals surface area contributed by atoms with Crippen molar-refractivity contribution in [2.75, 3.05) is 0 Å². The summed E-state index contributed by atoms with van der Waals surface area (Å²) < 4.78 is 53.4. The summed E-state index contributed by atoms with van der Waals surface area (Å²) in [6, 6.07) is 2.27. The van der Waals surface area contributed by atoms with E-state index in [1.807, 2.05) is 0 Å². The molecular formula is C29H34F3N3O8. The van der Waals surface area contributed by atoms with E-state index in [1.54, 1.807) is 13.8 Å². The van der Waals surface area contributed by atoms with Crippen molar-refractivity contribution >= 4 is 23.8 Å². The first-order valence-corrected chi connectivity index (χ1v) is 13.6. The zero-order valence-electron chi connectivity index (χ0n) is 24.2. The minimum atomic E-state index is -1.87. The number of para-hydroxylation sites is 1. The zero-order valence-corrected chi connectivity index (χ0v) is 24.2. The maximum atomic E-state index is 14.8. The molecule has 234 valence electrons. The molecule has 43 heavy (non-hydrogen) atoms. The van der Waals surface area contributed by atoms with E-state index in [9.17, 15) is 42.6 Å². The Morgan fingerprint density at radius 1 is 1.07 bits per heavy atom. The van der Waals surface area contributed by atoms with E-state index in [0.717, 1.165) is 0 Å². The highest BCUT2D eigenvalue weighted by Crippen LogP contribution is 2.24. The molecule has 14 heteroatoms. The number of hydrogen-bond acceptors (Lipinski definition) is 9. The molecule has 2 amide bonds. The molecule has 0 aliphatic carbocycles. The monoisotopic (exact) mass is 609 g/mol. The summed E-state index contributed by atoms with van der Waals surface area (Å²) in [4.78, 5) is 56.0. The van der Waals surface area contributed by atoms with Crippen molar-refractivity contribution in [3.8, 4) is 5.75 Å². The molecule has 3 rings (SSSR count). The fourth-order valence-corrected chi connectivity index (χ4v) is 4.60. The SMILES string of the molecule is Cc1nc(F)c(F)c(F)c1CC1NC(=O)C(NC(=O)c2ccccc2O)C(C)OC(=O)C(CC(C)C)OC(=O)C(C)C1O. The van der Waals surface area contributed by atoms with Gasteiger partial charge in [0, 0.05) is 11.3 Å². The third kappa shape index (κ3) is 7.80. The normalized spacial score (nSPS) is 25.2. The number of esters is 2. The van der Waals surface area contributed by atoms with Crippen molar-refractivity contribution in [3.05, 3.63) is 58.7 Å². The van der Waals surface area contributed by atoms with Gasteiger partial charge in [-0.15, -0.1) is 0 Å². The number of nitrogens with zero attached hydrogens (tertiary/aromatic N) is 1. The number of cyclic esters (lactones) is 2. The Balaban J connectivity index is 2.07. The van der Waals surface area contributed by atoms with E-state index in [4.69, 9.17) is 9.47 Å². The van der Waals surface area contributed by atoms with Gasteiger partial charge in [-0.2, -0.15) is 8.78 Å².